The van der Waals surface area contributed by atoms with Crippen LogP contribution in [0.1, 0.15) is 15.9 Å². The van der Waals surface area contributed by atoms with Crippen LogP contribution in [0.2, 0.25) is 0 Å². The van der Waals surface area contributed by atoms with Gasteiger partial charge in [0, 0.05) is 5.56 Å². The van der Waals surface area contributed by atoms with Crippen molar-refractivity contribution in [3.05, 3.63) is 65.7 Å². The maximum absolute atomic E-state index is 11.9. The molecule has 2 N–H and O–H groups in total. The molecule has 2 rings (SSSR count). The molecule has 0 radical (unpaired) electrons. The van der Waals surface area contributed by atoms with E-state index < -0.39 is 0 Å². The van der Waals surface area contributed by atoms with Gasteiger partial charge in [0.15, 0.2) is 5.11 Å². The third-order valence-corrected chi connectivity index (χ3v) is 3.16. The molecule has 2 aromatic rings. The summed E-state index contributed by atoms with van der Waals surface area (Å²) in [5.41, 5.74) is 1.72. The second-order valence-corrected chi connectivity index (χ2v) is 5.15. The monoisotopic (exact) mass is 314 g/mol. The van der Waals surface area contributed by atoms with Crippen LogP contribution in [0.15, 0.2) is 54.6 Å². The van der Waals surface area contributed by atoms with Crippen LogP contribution in [-0.4, -0.2) is 24.2 Å². The second-order valence-electron chi connectivity index (χ2n) is 4.74. The molecular weight excluding hydrogens is 296 g/mol. The summed E-state index contributed by atoms with van der Waals surface area (Å²) >= 11 is 5.08. The molecule has 0 spiro atoms. The first-order valence-corrected chi connectivity index (χ1v) is 7.39. The number of carbonyl (C=O) groups excluding carboxylic acids is 1. The largest absolute Gasteiger partial charge is 0.492 e. The highest BCUT2D eigenvalue weighted by Crippen LogP contribution is 2.11. The molecule has 0 saturated carbocycles. The number of rotatable bonds is 5. The van der Waals surface area contributed by atoms with Crippen molar-refractivity contribution in [2.45, 2.75) is 6.92 Å². The van der Waals surface area contributed by atoms with Crippen molar-refractivity contribution in [3.8, 4) is 5.75 Å². The van der Waals surface area contributed by atoms with Crippen molar-refractivity contribution < 1.29 is 9.53 Å². The molecule has 0 atom stereocenters. The van der Waals surface area contributed by atoms with Crippen molar-refractivity contribution in [2.75, 3.05) is 13.2 Å². The van der Waals surface area contributed by atoms with Crippen LogP contribution in [0, 0.1) is 6.92 Å². The van der Waals surface area contributed by atoms with E-state index in [1.165, 1.54) is 0 Å². The summed E-state index contributed by atoms with van der Waals surface area (Å²) in [6, 6.07) is 16.8. The van der Waals surface area contributed by atoms with E-state index in [0.717, 1.165) is 11.3 Å². The van der Waals surface area contributed by atoms with E-state index in [2.05, 4.69) is 10.6 Å². The first-order valence-electron chi connectivity index (χ1n) is 6.99. The second kappa shape index (κ2) is 8.14. The van der Waals surface area contributed by atoms with Crippen LogP contribution in [0.25, 0.3) is 0 Å². The Morgan fingerprint density at radius 2 is 1.91 bits per heavy atom. The standard InChI is InChI=1S/C17H18N2O2S/c1-13-6-5-9-15(12-13)21-11-10-18-17(22)19-16(20)14-7-3-2-4-8-14/h2-9,12H,10-11H2,1H3,(H2,18,19,20,22). The first kappa shape index (κ1) is 16.0. The number of carbonyl (C=O) groups is 1. The van der Waals surface area contributed by atoms with E-state index in [0.29, 0.717) is 23.8 Å². The summed E-state index contributed by atoms with van der Waals surface area (Å²) in [7, 11) is 0. The predicted octanol–water partition coefficient (Wildman–Crippen LogP) is 2.68. The van der Waals surface area contributed by atoms with Gasteiger partial charge in [-0.05, 0) is 49.0 Å². The van der Waals surface area contributed by atoms with Crippen LogP contribution in [0.3, 0.4) is 0 Å². The van der Waals surface area contributed by atoms with Gasteiger partial charge in [-0.3, -0.25) is 10.1 Å². The Hall–Kier alpha value is -2.40. The Kier molecular flexibility index (Phi) is 5.91. The van der Waals surface area contributed by atoms with Crippen LogP contribution in [0.4, 0.5) is 0 Å². The molecule has 5 heteroatoms. The van der Waals surface area contributed by atoms with Gasteiger partial charge < -0.3 is 10.1 Å². The number of thiocarbonyl (C=S) groups is 1. The molecule has 0 aliphatic rings. The highest BCUT2D eigenvalue weighted by molar-refractivity contribution is 7.80. The fourth-order valence-electron chi connectivity index (χ4n) is 1.85. The summed E-state index contributed by atoms with van der Waals surface area (Å²) in [5.74, 6) is 0.596. The summed E-state index contributed by atoms with van der Waals surface area (Å²) < 4.78 is 5.59. The number of benzene rings is 2. The summed E-state index contributed by atoms with van der Waals surface area (Å²) in [6.07, 6.45) is 0. The van der Waals surface area contributed by atoms with Gasteiger partial charge >= 0.3 is 0 Å². The lowest BCUT2D eigenvalue weighted by Crippen LogP contribution is -2.40. The molecule has 1 amide bonds. The van der Waals surface area contributed by atoms with Crippen LogP contribution in [-0.2, 0) is 0 Å². The summed E-state index contributed by atoms with van der Waals surface area (Å²) in [5, 5.41) is 5.87. The maximum atomic E-state index is 11.9. The molecular formula is C17H18N2O2S. The third-order valence-electron chi connectivity index (χ3n) is 2.91. The molecule has 22 heavy (non-hydrogen) atoms. The number of hydrogen-bond acceptors (Lipinski definition) is 3. The van der Waals surface area contributed by atoms with Gasteiger partial charge in [-0.25, -0.2) is 0 Å². The van der Waals surface area contributed by atoms with Gasteiger partial charge in [-0.15, -0.1) is 0 Å². The normalized spacial score (nSPS) is 9.86. The molecule has 0 aliphatic heterocycles. The fourth-order valence-corrected chi connectivity index (χ4v) is 2.04. The molecule has 114 valence electrons. The maximum Gasteiger partial charge on any atom is 0.257 e. The topological polar surface area (TPSA) is 50.4 Å². The predicted molar refractivity (Wildman–Crippen MR) is 91.2 cm³/mol. The van der Waals surface area contributed by atoms with Crippen molar-refractivity contribution in [2.24, 2.45) is 0 Å². The Labute approximate surface area is 135 Å². The number of nitrogens with one attached hydrogen (secondary N) is 2. The number of ether oxygens (including phenoxy) is 1. The third kappa shape index (κ3) is 5.18. The van der Waals surface area contributed by atoms with Crippen molar-refractivity contribution in [1.82, 2.24) is 10.6 Å². The minimum absolute atomic E-state index is 0.224. The molecule has 4 nitrogen and oxygen atoms in total. The van der Waals surface area contributed by atoms with Crippen molar-refractivity contribution in [1.29, 1.82) is 0 Å². The average Bonchev–Trinajstić information content (AvgIpc) is 2.52. The highest BCUT2D eigenvalue weighted by atomic mass is 32.1. The molecule has 0 fully saturated rings. The Morgan fingerprint density at radius 1 is 1.14 bits per heavy atom. The minimum atomic E-state index is -0.224. The van der Waals surface area contributed by atoms with E-state index in [1.807, 2.05) is 37.3 Å². The van der Waals surface area contributed by atoms with Gasteiger partial charge in [0.1, 0.15) is 12.4 Å². The first-order chi connectivity index (χ1) is 10.6. The van der Waals surface area contributed by atoms with E-state index in [4.69, 9.17) is 17.0 Å². The smallest absolute Gasteiger partial charge is 0.257 e. The van der Waals surface area contributed by atoms with E-state index in [9.17, 15) is 4.79 Å². The zero-order valence-electron chi connectivity index (χ0n) is 12.3. The molecule has 0 saturated heterocycles. The molecule has 0 unspecified atom stereocenters. The van der Waals surface area contributed by atoms with Crippen molar-refractivity contribution in [3.63, 3.8) is 0 Å². The lowest BCUT2D eigenvalue weighted by molar-refractivity contribution is 0.0976. The van der Waals surface area contributed by atoms with Crippen LogP contribution in [0.5, 0.6) is 5.75 Å². The number of amides is 1. The number of hydrogen-bond donors (Lipinski definition) is 2. The summed E-state index contributed by atoms with van der Waals surface area (Å²) in [4.78, 5) is 11.9. The lowest BCUT2D eigenvalue weighted by atomic mass is 10.2. The van der Waals surface area contributed by atoms with E-state index in [1.54, 1.807) is 24.3 Å². The van der Waals surface area contributed by atoms with E-state index >= 15 is 0 Å². The molecule has 2 aromatic carbocycles. The van der Waals surface area contributed by atoms with Gasteiger partial charge in [-0.1, -0.05) is 30.3 Å². The molecule has 0 aliphatic carbocycles. The molecule has 0 aromatic heterocycles. The summed E-state index contributed by atoms with van der Waals surface area (Å²) in [6.45, 7) is 2.99. The van der Waals surface area contributed by atoms with Gasteiger partial charge in [-0.2, -0.15) is 0 Å². The van der Waals surface area contributed by atoms with Gasteiger partial charge in [0.05, 0.1) is 6.54 Å². The lowest BCUT2D eigenvalue weighted by Gasteiger charge is -2.11. The molecule has 0 heterocycles. The quantitative estimate of drug-likeness (QED) is 0.658. The fraction of sp³-hybridized carbons (Fsp3) is 0.176. The Bertz CT molecular complexity index is 644. The SMILES string of the molecule is Cc1cccc(OCCNC(=S)NC(=O)c2ccccc2)c1. The zero-order chi connectivity index (χ0) is 15.8. The number of aryl methyl sites for hydroxylation is 1. The van der Waals surface area contributed by atoms with Gasteiger partial charge in [0.25, 0.3) is 5.91 Å². The van der Waals surface area contributed by atoms with Gasteiger partial charge in [0.2, 0.25) is 0 Å². The highest BCUT2D eigenvalue weighted by Gasteiger charge is 2.06. The molecule has 0 bridgehead atoms. The average molecular weight is 314 g/mol. The van der Waals surface area contributed by atoms with Crippen LogP contribution >= 0.6 is 12.2 Å². The zero-order valence-corrected chi connectivity index (χ0v) is 13.2. The minimum Gasteiger partial charge on any atom is -0.492 e. The van der Waals surface area contributed by atoms with Crippen LogP contribution < -0.4 is 15.4 Å². The van der Waals surface area contributed by atoms with Crippen molar-refractivity contribution >= 4 is 23.2 Å². The Balaban J connectivity index is 1.69. The Morgan fingerprint density at radius 3 is 2.64 bits per heavy atom. The van der Waals surface area contributed by atoms with E-state index in [-0.39, 0.29) is 5.91 Å².